The minimum absolute atomic E-state index is 0.0658. The molecule has 44 heavy (non-hydrogen) atoms. The highest BCUT2D eigenvalue weighted by molar-refractivity contribution is 5.94. The van der Waals surface area contributed by atoms with Gasteiger partial charge in [0.05, 0.1) is 32.7 Å². The maximum Gasteiger partial charge on any atom is 0.331 e. The molecule has 10 heteroatoms. The van der Waals surface area contributed by atoms with Crippen molar-refractivity contribution in [3.8, 4) is 40.0 Å². The molecule has 0 radical (unpaired) electrons. The molecule has 0 bridgehead atoms. The van der Waals surface area contributed by atoms with Crippen molar-refractivity contribution in [3.63, 3.8) is 0 Å². The van der Waals surface area contributed by atoms with E-state index in [9.17, 15) is 15.0 Å². The summed E-state index contributed by atoms with van der Waals surface area (Å²) in [6, 6.07) is 16.4. The second kappa shape index (κ2) is 13.8. The Morgan fingerprint density at radius 2 is 1.80 bits per heavy atom. The maximum atomic E-state index is 12.6. The molecule has 4 aromatic rings. The number of nitrogens with zero attached hydrogens (tertiary/aromatic N) is 2. The molecular formula is C34H34N2O8. The molecule has 0 amide bonds. The number of rotatable bonds is 14. The molecule has 1 aliphatic heterocycles. The number of carboxylic acid groups (broad SMARTS) is 1. The van der Waals surface area contributed by atoms with Crippen LogP contribution in [0.4, 0.5) is 0 Å². The third-order valence-electron chi connectivity index (χ3n) is 7.29. The first kappa shape index (κ1) is 30.2. The summed E-state index contributed by atoms with van der Waals surface area (Å²) in [7, 11) is 3.10. The molecule has 2 N–H and O–H groups in total. The predicted molar refractivity (Wildman–Crippen MR) is 164 cm³/mol. The molecule has 0 spiro atoms. The van der Waals surface area contributed by atoms with Crippen LogP contribution in [-0.4, -0.2) is 47.0 Å². The molecule has 1 aromatic heterocycles. The summed E-state index contributed by atoms with van der Waals surface area (Å²) in [5.41, 5.74) is 4.34. The van der Waals surface area contributed by atoms with E-state index in [1.54, 1.807) is 43.7 Å². The number of fused-ring (bicyclic) bond motifs is 1. The number of aliphatic carboxylic acids is 1. The maximum absolute atomic E-state index is 12.6. The van der Waals surface area contributed by atoms with Crippen molar-refractivity contribution in [3.05, 3.63) is 101 Å². The van der Waals surface area contributed by atoms with Crippen LogP contribution in [0, 0.1) is 0 Å². The average molecular weight is 599 g/mol. The van der Waals surface area contributed by atoms with Gasteiger partial charge in [0.1, 0.15) is 23.9 Å². The number of carboxylic acids is 1. The van der Waals surface area contributed by atoms with Gasteiger partial charge >= 0.3 is 5.97 Å². The van der Waals surface area contributed by atoms with Gasteiger partial charge in [0.2, 0.25) is 6.79 Å². The lowest BCUT2D eigenvalue weighted by Crippen LogP contribution is -2.07. The number of carbonyl (C=O) groups is 1. The minimum Gasteiger partial charge on any atom is -0.497 e. The summed E-state index contributed by atoms with van der Waals surface area (Å²) in [6.45, 7) is 4.54. The zero-order valence-corrected chi connectivity index (χ0v) is 24.6. The molecule has 3 aromatic carbocycles. The smallest absolute Gasteiger partial charge is 0.331 e. The summed E-state index contributed by atoms with van der Waals surface area (Å²) in [5.74, 6) is 1.60. The van der Waals surface area contributed by atoms with Gasteiger partial charge in [-0.3, -0.25) is 4.68 Å². The summed E-state index contributed by atoms with van der Waals surface area (Å²) >= 11 is 0. The van der Waals surface area contributed by atoms with Crippen molar-refractivity contribution < 1.29 is 38.7 Å². The van der Waals surface area contributed by atoms with Gasteiger partial charge < -0.3 is 33.9 Å². The molecule has 5 rings (SSSR count). The van der Waals surface area contributed by atoms with Crippen LogP contribution in [0.5, 0.6) is 28.7 Å². The molecule has 1 aliphatic rings. The Bertz CT molecular complexity index is 1690. The van der Waals surface area contributed by atoms with E-state index in [1.807, 2.05) is 41.1 Å². The van der Waals surface area contributed by atoms with E-state index < -0.39 is 5.97 Å². The van der Waals surface area contributed by atoms with E-state index in [1.165, 1.54) is 7.11 Å². The molecule has 0 fully saturated rings. The van der Waals surface area contributed by atoms with Gasteiger partial charge in [-0.15, -0.1) is 6.58 Å². The number of hydrogen-bond donors (Lipinski definition) is 2. The highest BCUT2D eigenvalue weighted by Crippen LogP contribution is 2.40. The van der Waals surface area contributed by atoms with Crippen LogP contribution in [-0.2, 0) is 31.0 Å². The van der Waals surface area contributed by atoms with Crippen molar-refractivity contribution in [1.29, 1.82) is 0 Å². The van der Waals surface area contributed by atoms with E-state index in [4.69, 9.17) is 23.7 Å². The number of ether oxygens (including phenoxy) is 5. The van der Waals surface area contributed by atoms with E-state index in [0.717, 1.165) is 11.1 Å². The second-order valence-corrected chi connectivity index (χ2v) is 10.00. The third kappa shape index (κ3) is 6.55. The zero-order chi connectivity index (χ0) is 31.1. The highest BCUT2D eigenvalue weighted by atomic mass is 16.7. The van der Waals surface area contributed by atoms with Crippen molar-refractivity contribution in [2.75, 3.05) is 21.0 Å². The van der Waals surface area contributed by atoms with Crippen LogP contribution in [0.2, 0.25) is 0 Å². The fourth-order valence-corrected chi connectivity index (χ4v) is 5.01. The van der Waals surface area contributed by atoms with Crippen LogP contribution in [0.3, 0.4) is 0 Å². The standard InChI is InChI=1S/C34H34N2O8/c1-4-5-12-36-33(28-11-10-27(40-2)16-30(28)42-20-23-9-7-6-8-22(23)19-37)26(18-35-36)14-25(34(38)39)13-24-15-31-32(44-21-43-31)17-29(24)41-3/h4,6-11,14-18,37H,1,5,12-13,19-21H2,2-3H3,(H,38,39)/b25-14+. The Morgan fingerprint density at radius 1 is 1.02 bits per heavy atom. The first-order chi connectivity index (χ1) is 21.4. The molecule has 0 saturated heterocycles. The number of aryl methyl sites for hydroxylation is 1. The number of hydrogen-bond acceptors (Lipinski definition) is 8. The van der Waals surface area contributed by atoms with Crippen LogP contribution < -0.4 is 23.7 Å². The Hall–Kier alpha value is -5.22. The fraction of sp³-hybridized carbons (Fsp3) is 0.235. The monoisotopic (exact) mass is 598 g/mol. The first-order valence-corrected chi connectivity index (χ1v) is 14.0. The number of allylic oxidation sites excluding steroid dienone is 1. The van der Waals surface area contributed by atoms with E-state index in [2.05, 4.69) is 11.7 Å². The van der Waals surface area contributed by atoms with Gasteiger partial charge in [-0.25, -0.2) is 4.79 Å². The average Bonchev–Trinajstić information content (AvgIpc) is 3.68. The minimum atomic E-state index is -1.08. The summed E-state index contributed by atoms with van der Waals surface area (Å²) in [4.78, 5) is 12.6. The molecule has 0 atom stereocenters. The quantitative estimate of drug-likeness (QED) is 0.140. The van der Waals surface area contributed by atoms with Gasteiger partial charge in [-0.1, -0.05) is 30.3 Å². The van der Waals surface area contributed by atoms with Crippen LogP contribution in [0.1, 0.15) is 28.7 Å². The molecular weight excluding hydrogens is 564 g/mol. The van der Waals surface area contributed by atoms with Gasteiger partial charge in [0.15, 0.2) is 11.5 Å². The van der Waals surface area contributed by atoms with Crippen LogP contribution in [0.25, 0.3) is 17.3 Å². The van der Waals surface area contributed by atoms with E-state index >= 15 is 0 Å². The lowest BCUT2D eigenvalue weighted by Gasteiger charge is -2.17. The van der Waals surface area contributed by atoms with Gasteiger partial charge in [-0.2, -0.15) is 5.10 Å². The van der Waals surface area contributed by atoms with Gasteiger partial charge in [0, 0.05) is 47.4 Å². The van der Waals surface area contributed by atoms with Crippen LogP contribution in [0.15, 0.2) is 79.0 Å². The molecule has 0 saturated carbocycles. The van der Waals surface area contributed by atoms with Crippen molar-refractivity contribution in [2.45, 2.75) is 32.6 Å². The highest BCUT2D eigenvalue weighted by Gasteiger charge is 2.22. The largest absolute Gasteiger partial charge is 0.497 e. The number of benzene rings is 3. The summed E-state index contributed by atoms with van der Waals surface area (Å²) < 4.78 is 30.1. The molecule has 0 aliphatic carbocycles. The molecule has 2 heterocycles. The topological polar surface area (TPSA) is 122 Å². The normalized spacial score (nSPS) is 12.2. The van der Waals surface area contributed by atoms with Crippen molar-refractivity contribution in [1.82, 2.24) is 9.78 Å². The molecule has 10 nitrogen and oxygen atoms in total. The summed E-state index contributed by atoms with van der Waals surface area (Å²) in [6.07, 6.45) is 5.78. The lowest BCUT2D eigenvalue weighted by molar-refractivity contribution is -0.132. The van der Waals surface area contributed by atoms with E-state index in [0.29, 0.717) is 64.1 Å². The van der Waals surface area contributed by atoms with Crippen LogP contribution >= 0.6 is 0 Å². The molecule has 228 valence electrons. The van der Waals surface area contributed by atoms with Gasteiger partial charge in [-0.05, 0) is 41.8 Å². The van der Waals surface area contributed by atoms with Gasteiger partial charge in [0.25, 0.3) is 0 Å². The second-order valence-electron chi connectivity index (χ2n) is 10.00. The summed E-state index contributed by atoms with van der Waals surface area (Å²) in [5, 5.41) is 24.7. The predicted octanol–water partition coefficient (Wildman–Crippen LogP) is 5.65. The Balaban J connectivity index is 1.58. The first-order valence-electron chi connectivity index (χ1n) is 14.0. The Labute approximate surface area is 255 Å². The fourth-order valence-electron chi connectivity index (χ4n) is 5.01. The number of aromatic nitrogens is 2. The van der Waals surface area contributed by atoms with Crippen molar-refractivity contribution >= 4 is 12.0 Å². The number of aliphatic hydroxyl groups is 1. The molecule has 0 unspecified atom stereocenters. The Kier molecular flexibility index (Phi) is 9.51. The zero-order valence-electron chi connectivity index (χ0n) is 24.6. The lowest BCUT2D eigenvalue weighted by atomic mass is 9.99. The van der Waals surface area contributed by atoms with Crippen molar-refractivity contribution in [2.24, 2.45) is 0 Å². The third-order valence-corrected chi connectivity index (χ3v) is 7.29. The van der Waals surface area contributed by atoms with E-state index in [-0.39, 0.29) is 32.0 Å². The number of aliphatic hydroxyl groups excluding tert-OH is 1. The SMILES string of the molecule is C=CCCn1ncc(/C=C(\Cc2cc3c(cc2OC)OCO3)C(=O)O)c1-c1ccc(OC)cc1OCc1ccccc1CO. The Morgan fingerprint density at radius 3 is 2.50 bits per heavy atom. The number of methoxy groups -OCH3 is 2.